The molecule has 0 spiro atoms. The normalized spacial score (nSPS) is 30.3. The minimum Gasteiger partial charge on any atom is -0.505 e. The van der Waals surface area contributed by atoms with Gasteiger partial charge in [-0.1, -0.05) is 0 Å². The van der Waals surface area contributed by atoms with E-state index in [4.69, 9.17) is 9.47 Å². The molecule has 3 heteroatoms. The largest absolute Gasteiger partial charge is 0.505 e. The Bertz CT molecular complexity index is 156. The standard InChI is InChI=1S/C10H18O3/c1-12-7-4-6-10-9(11)5-2-3-8-13-10/h4,7,9-11H,2-3,5-6,8H2,1H3/b7-4+/t9-,10+/m0/s1. The first kappa shape index (κ1) is 10.5. The lowest BCUT2D eigenvalue weighted by Crippen LogP contribution is -2.26. The summed E-state index contributed by atoms with van der Waals surface area (Å²) in [7, 11) is 1.61. The van der Waals surface area contributed by atoms with Crippen LogP contribution in [0.25, 0.3) is 0 Å². The first-order chi connectivity index (χ1) is 6.34. The van der Waals surface area contributed by atoms with Crippen molar-refractivity contribution in [3.63, 3.8) is 0 Å². The van der Waals surface area contributed by atoms with Crippen molar-refractivity contribution in [2.45, 2.75) is 37.9 Å². The van der Waals surface area contributed by atoms with E-state index in [2.05, 4.69) is 0 Å². The molecule has 0 aromatic rings. The highest BCUT2D eigenvalue weighted by Crippen LogP contribution is 2.16. The molecule has 2 atom stereocenters. The summed E-state index contributed by atoms with van der Waals surface area (Å²) in [6, 6.07) is 0. The molecule has 0 aromatic heterocycles. The summed E-state index contributed by atoms with van der Waals surface area (Å²) in [6.07, 6.45) is 6.85. The van der Waals surface area contributed by atoms with Gasteiger partial charge in [0.25, 0.3) is 0 Å². The molecular weight excluding hydrogens is 168 g/mol. The van der Waals surface area contributed by atoms with Gasteiger partial charge in [0.2, 0.25) is 0 Å². The van der Waals surface area contributed by atoms with Gasteiger partial charge in [-0.2, -0.15) is 0 Å². The van der Waals surface area contributed by atoms with E-state index in [0.717, 1.165) is 32.3 Å². The predicted octanol–water partition coefficient (Wildman–Crippen LogP) is 1.47. The Morgan fingerprint density at radius 3 is 3.15 bits per heavy atom. The molecule has 0 saturated carbocycles. The molecule has 1 saturated heterocycles. The van der Waals surface area contributed by atoms with Crippen molar-refractivity contribution in [2.75, 3.05) is 13.7 Å². The van der Waals surface area contributed by atoms with Crippen LogP contribution in [0.3, 0.4) is 0 Å². The third kappa shape index (κ3) is 3.79. The molecule has 1 aliphatic rings. The molecule has 0 aliphatic carbocycles. The number of aliphatic hydroxyl groups is 1. The molecule has 1 N–H and O–H groups in total. The summed E-state index contributed by atoms with van der Waals surface area (Å²) in [5, 5.41) is 9.65. The second-order valence-electron chi connectivity index (χ2n) is 3.32. The fourth-order valence-electron chi connectivity index (χ4n) is 1.50. The predicted molar refractivity (Wildman–Crippen MR) is 50.4 cm³/mol. The van der Waals surface area contributed by atoms with E-state index < -0.39 is 0 Å². The van der Waals surface area contributed by atoms with E-state index in [1.54, 1.807) is 13.4 Å². The zero-order valence-corrected chi connectivity index (χ0v) is 8.11. The van der Waals surface area contributed by atoms with Crippen molar-refractivity contribution in [2.24, 2.45) is 0 Å². The molecule has 0 radical (unpaired) electrons. The maximum Gasteiger partial charge on any atom is 0.0869 e. The molecule has 0 amide bonds. The molecule has 1 heterocycles. The van der Waals surface area contributed by atoms with Crippen LogP contribution in [-0.4, -0.2) is 31.0 Å². The monoisotopic (exact) mass is 186 g/mol. The van der Waals surface area contributed by atoms with E-state index in [9.17, 15) is 5.11 Å². The number of hydrogen-bond donors (Lipinski definition) is 1. The summed E-state index contributed by atoms with van der Waals surface area (Å²) in [5.74, 6) is 0. The van der Waals surface area contributed by atoms with Crippen LogP contribution in [0.15, 0.2) is 12.3 Å². The third-order valence-electron chi connectivity index (χ3n) is 2.26. The summed E-state index contributed by atoms with van der Waals surface area (Å²) in [6.45, 7) is 0.766. The Kier molecular flexibility index (Phi) is 4.86. The van der Waals surface area contributed by atoms with Gasteiger partial charge in [-0.15, -0.1) is 0 Å². The van der Waals surface area contributed by atoms with Crippen molar-refractivity contribution in [3.8, 4) is 0 Å². The quantitative estimate of drug-likeness (QED) is 0.678. The first-order valence-electron chi connectivity index (χ1n) is 4.82. The van der Waals surface area contributed by atoms with Crippen LogP contribution in [0, 0.1) is 0 Å². The maximum atomic E-state index is 9.65. The van der Waals surface area contributed by atoms with Crippen LogP contribution in [-0.2, 0) is 9.47 Å². The van der Waals surface area contributed by atoms with Crippen LogP contribution in [0.1, 0.15) is 25.7 Å². The molecule has 0 bridgehead atoms. The molecule has 3 nitrogen and oxygen atoms in total. The van der Waals surface area contributed by atoms with Crippen molar-refractivity contribution in [1.82, 2.24) is 0 Å². The van der Waals surface area contributed by atoms with Gasteiger partial charge in [0.15, 0.2) is 0 Å². The molecule has 0 aromatic carbocycles. The fraction of sp³-hybridized carbons (Fsp3) is 0.800. The van der Waals surface area contributed by atoms with Gasteiger partial charge < -0.3 is 14.6 Å². The van der Waals surface area contributed by atoms with Gasteiger partial charge >= 0.3 is 0 Å². The number of rotatable bonds is 3. The minimum absolute atomic E-state index is 0.0473. The van der Waals surface area contributed by atoms with Crippen LogP contribution in [0.5, 0.6) is 0 Å². The first-order valence-corrected chi connectivity index (χ1v) is 4.82. The summed E-state index contributed by atoms with van der Waals surface area (Å²) in [5.41, 5.74) is 0. The topological polar surface area (TPSA) is 38.7 Å². The zero-order valence-electron chi connectivity index (χ0n) is 8.11. The van der Waals surface area contributed by atoms with E-state index in [1.165, 1.54) is 0 Å². The Morgan fingerprint density at radius 1 is 1.54 bits per heavy atom. The van der Waals surface area contributed by atoms with Crippen LogP contribution < -0.4 is 0 Å². The van der Waals surface area contributed by atoms with E-state index >= 15 is 0 Å². The summed E-state index contributed by atoms with van der Waals surface area (Å²) in [4.78, 5) is 0. The Labute approximate surface area is 79.3 Å². The van der Waals surface area contributed by atoms with Crippen molar-refractivity contribution in [3.05, 3.63) is 12.3 Å². The van der Waals surface area contributed by atoms with Crippen LogP contribution in [0.4, 0.5) is 0 Å². The maximum absolute atomic E-state index is 9.65. The lowest BCUT2D eigenvalue weighted by molar-refractivity contribution is -0.0231. The van der Waals surface area contributed by atoms with E-state index in [0.29, 0.717) is 0 Å². The van der Waals surface area contributed by atoms with Gasteiger partial charge in [-0.25, -0.2) is 0 Å². The van der Waals surface area contributed by atoms with Crippen molar-refractivity contribution < 1.29 is 14.6 Å². The molecule has 13 heavy (non-hydrogen) atoms. The van der Waals surface area contributed by atoms with Crippen LogP contribution in [0.2, 0.25) is 0 Å². The highest BCUT2D eigenvalue weighted by Gasteiger charge is 2.20. The molecule has 1 fully saturated rings. The van der Waals surface area contributed by atoms with Gasteiger partial charge in [0, 0.05) is 6.61 Å². The van der Waals surface area contributed by atoms with Crippen LogP contribution >= 0.6 is 0 Å². The SMILES string of the molecule is CO/C=C/C[C@H]1OCCCC[C@@H]1O. The molecule has 76 valence electrons. The molecule has 1 aliphatic heterocycles. The number of ether oxygens (including phenoxy) is 2. The van der Waals surface area contributed by atoms with E-state index in [-0.39, 0.29) is 12.2 Å². The Hall–Kier alpha value is -0.540. The van der Waals surface area contributed by atoms with E-state index in [1.807, 2.05) is 6.08 Å². The average molecular weight is 186 g/mol. The van der Waals surface area contributed by atoms with Gasteiger partial charge in [0.05, 0.1) is 25.6 Å². The smallest absolute Gasteiger partial charge is 0.0869 e. The average Bonchev–Trinajstić information content (AvgIpc) is 2.32. The zero-order chi connectivity index (χ0) is 9.52. The molecule has 0 unspecified atom stereocenters. The number of methoxy groups -OCH3 is 1. The third-order valence-corrected chi connectivity index (χ3v) is 2.26. The lowest BCUT2D eigenvalue weighted by atomic mass is 10.1. The fourth-order valence-corrected chi connectivity index (χ4v) is 1.50. The number of hydrogen-bond acceptors (Lipinski definition) is 3. The Morgan fingerprint density at radius 2 is 2.38 bits per heavy atom. The van der Waals surface area contributed by atoms with Gasteiger partial charge in [-0.3, -0.25) is 0 Å². The minimum atomic E-state index is -0.316. The highest BCUT2D eigenvalue weighted by atomic mass is 16.5. The molecule has 1 rings (SSSR count). The molecular formula is C10H18O3. The highest BCUT2D eigenvalue weighted by molar-refractivity contribution is 4.83. The number of aliphatic hydroxyl groups excluding tert-OH is 1. The summed E-state index contributed by atoms with van der Waals surface area (Å²) >= 11 is 0. The second kappa shape index (κ2) is 6.00. The summed E-state index contributed by atoms with van der Waals surface area (Å²) < 4.78 is 10.3. The van der Waals surface area contributed by atoms with Gasteiger partial charge in [-0.05, 0) is 31.8 Å². The Balaban J connectivity index is 2.31. The van der Waals surface area contributed by atoms with Gasteiger partial charge in [0.1, 0.15) is 0 Å². The van der Waals surface area contributed by atoms with Crippen molar-refractivity contribution >= 4 is 0 Å². The lowest BCUT2D eigenvalue weighted by Gasteiger charge is -2.18. The van der Waals surface area contributed by atoms with Crippen molar-refractivity contribution in [1.29, 1.82) is 0 Å². The second-order valence-corrected chi connectivity index (χ2v) is 3.32.